The third-order valence-electron chi connectivity index (χ3n) is 6.64. The van der Waals surface area contributed by atoms with Crippen molar-refractivity contribution in [3.8, 4) is 0 Å². The van der Waals surface area contributed by atoms with E-state index >= 15 is 0 Å². The van der Waals surface area contributed by atoms with Crippen LogP contribution in [-0.2, 0) is 13.1 Å². The van der Waals surface area contributed by atoms with Crippen molar-refractivity contribution in [2.45, 2.75) is 44.4 Å². The van der Waals surface area contributed by atoms with Crippen LogP contribution in [-0.4, -0.2) is 45.9 Å². The molecule has 1 saturated heterocycles. The van der Waals surface area contributed by atoms with E-state index in [4.69, 9.17) is 0 Å². The highest BCUT2D eigenvalue weighted by atomic mass is 16.2. The lowest BCUT2D eigenvalue weighted by Crippen LogP contribution is -2.40. The molecule has 2 aliphatic rings. The molecule has 3 N–H and O–H groups in total. The van der Waals surface area contributed by atoms with Gasteiger partial charge < -0.3 is 14.6 Å². The van der Waals surface area contributed by atoms with Crippen LogP contribution in [0.15, 0.2) is 54.7 Å². The van der Waals surface area contributed by atoms with Crippen LogP contribution in [0.1, 0.15) is 41.0 Å². The quantitative estimate of drug-likeness (QED) is 0.549. The standard InChI is InChI=1S/C24H30N6O/c1-29(16-17-8-3-2-4-9-17)24(31)23-21(30-13-6-5-12-22(30)26-23)15-25-14-20-18-10-7-11-19(18)27-28-20/h2-6,8-9,12-13,18-20,25,27-28H,7,10-11,14-16H2,1H3. The number of fused-ring (bicyclic) bond motifs is 2. The summed E-state index contributed by atoms with van der Waals surface area (Å²) in [5, 5.41) is 3.58. The van der Waals surface area contributed by atoms with Crippen molar-refractivity contribution in [1.29, 1.82) is 0 Å². The smallest absolute Gasteiger partial charge is 0.274 e. The van der Waals surface area contributed by atoms with Gasteiger partial charge in [-0.05, 0) is 36.5 Å². The maximum atomic E-state index is 13.3. The largest absolute Gasteiger partial charge is 0.336 e. The average Bonchev–Trinajstić information content (AvgIpc) is 3.50. The van der Waals surface area contributed by atoms with Gasteiger partial charge in [-0.15, -0.1) is 0 Å². The molecule has 1 aliphatic heterocycles. The fraction of sp³-hybridized carbons (Fsp3) is 0.417. The molecule has 1 aromatic carbocycles. The average molecular weight is 419 g/mol. The van der Waals surface area contributed by atoms with Gasteiger partial charge in [0.25, 0.3) is 5.91 Å². The van der Waals surface area contributed by atoms with Crippen molar-refractivity contribution in [1.82, 2.24) is 30.5 Å². The Morgan fingerprint density at radius 2 is 2.00 bits per heavy atom. The summed E-state index contributed by atoms with van der Waals surface area (Å²) in [6.07, 6.45) is 5.82. The highest BCUT2D eigenvalue weighted by Crippen LogP contribution is 2.31. The Hall–Kier alpha value is -2.74. The normalized spacial score (nSPS) is 22.7. The monoisotopic (exact) mass is 418 g/mol. The Morgan fingerprint density at radius 1 is 1.16 bits per heavy atom. The molecule has 3 unspecified atom stereocenters. The Kier molecular flexibility index (Phi) is 5.72. The first-order valence-electron chi connectivity index (χ1n) is 11.2. The van der Waals surface area contributed by atoms with Crippen molar-refractivity contribution in [3.63, 3.8) is 0 Å². The third-order valence-corrected chi connectivity index (χ3v) is 6.64. The molecular formula is C24H30N6O. The van der Waals surface area contributed by atoms with Gasteiger partial charge in [-0.3, -0.25) is 15.6 Å². The molecule has 0 radical (unpaired) electrons. The van der Waals surface area contributed by atoms with E-state index in [1.807, 2.05) is 66.2 Å². The Labute approximate surface area is 182 Å². The number of nitrogens with zero attached hydrogens (tertiary/aromatic N) is 3. The second-order valence-corrected chi connectivity index (χ2v) is 8.71. The summed E-state index contributed by atoms with van der Waals surface area (Å²) in [5.74, 6) is 0.633. The highest BCUT2D eigenvalue weighted by Gasteiger charge is 2.38. The molecule has 1 amide bonds. The molecule has 3 aromatic rings. The Bertz CT molecular complexity index is 1050. The molecule has 3 atom stereocenters. The van der Waals surface area contributed by atoms with Gasteiger partial charge in [0.15, 0.2) is 5.69 Å². The molecule has 2 fully saturated rings. The van der Waals surface area contributed by atoms with Crippen molar-refractivity contribution in [2.75, 3.05) is 13.6 Å². The summed E-state index contributed by atoms with van der Waals surface area (Å²) in [6, 6.07) is 17.0. The molecule has 31 heavy (non-hydrogen) atoms. The van der Waals surface area contributed by atoms with Crippen molar-refractivity contribution in [3.05, 3.63) is 71.7 Å². The number of nitrogens with one attached hydrogen (secondary N) is 3. The summed E-state index contributed by atoms with van der Waals surface area (Å²) in [5.41, 5.74) is 10.2. The van der Waals surface area contributed by atoms with Gasteiger partial charge in [0.1, 0.15) is 5.65 Å². The van der Waals surface area contributed by atoms with E-state index in [2.05, 4.69) is 21.2 Å². The molecule has 1 saturated carbocycles. The first kappa shape index (κ1) is 20.2. The number of aromatic nitrogens is 2. The molecule has 2 aromatic heterocycles. The minimum absolute atomic E-state index is 0.0548. The number of benzene rings is 1. The summed E-state index contributed by atoms with van der Waals surface area (Å²) in [6.45, 7) is 2.02. The molecular weight excluding hydrogens is 388 g/mol. The number of carbonyl (C=O) groups is 1. The van der Waals surface area contributed by atoms with Crippen LogP contribution in [0.3, 0.4) is 0 Å². The van der Waals surface area contributed by atoms with E-state index in [1.54, 1.807) is 4.90 Å². The summed E-state index contributed by atoms with van der Waals surface area (Å²) < 4.78 is 2.02. The predicted octanol–water partition coefficient (Wildman–Crippen LogP) is 2.34. The molecule has 0 spiro atoms. The molecule has 7 heteroatoms. The zero-order chi connectivity index (χ0) is 21.2. The maximum Gasteiger partial charge on any atom is 0.274 e. The van der Waals surface area contributed by atoms with Crippen molar-refractivity contribution < 1.29 is 4.79 Å². The number of hydrogen-bond acceptors (Lipinski definition) is 5. The lowest BCUT2D eigenvalue weighted by Gasteiger charge is -2.19. The second kappa shape index (κ2) is 8.78. The van der Waals surface area contributed by atoms with Crippen LogP contribution in [0.4, 0.5) is 0 Å². The van der Waals surface area contributed by atoms with Crippen LogP contribution in [0.25, 0.3) is 5.65 Å². The van der Waals surface area contributed by atoms with Gasteiger partial charge in [0.2, 0.25) is 0 Å². The summed E-state index contributed by atoms with van der Waals surface area (Å²) in [4.78, 5) is 19.7. The van der Waals surface area contributed by atoms with Crippen LogP contribution in [0.2, 0.25) is 0 Å². The lowest BCUT2D eigenvalue weighted by molar-refractivity contribution is 0.0778. The number of amides is 1. The van der Waals surface area contributed by atoms with E-state index < -0.39 is 0 Å². The molecule has 3 heterocycles. The zero-order valence-corrected chi connectivity index (χ0v) is 17.9. The van der Waals surface area contributed by atoms with E-state index in [9.17, 15) is 4.79 Å². The first-order chi connectivity index (χ1) is 15.2. The fourth-order valence-corrected chi connectivity index (χ4v) is 5.02. The SMILES string of the molecule is CN(Cc1ccccc1)C(=O)c1nc2ccccn2c1CNCC1NNC2CCCC21. The van der Waals surface area contributed by atoms with Crippen molar-refractivity contribution in [2.24, 2.45) is 5.92 Å². The fourth-order valence-electron chi connectivity index (χ4n) is 5.02. The first-order valence-corrected chi connectivity index (χ1v) is 11.2. The van der Waals surface area contributed by atoms with E-state index in [-0.39, 0.29) is 5.91 Å². The van der Waals surface area contributed by atoms with Gasteiger partial charge in [0.05, 0.1) is 5.69 Å². The number of pyridine rings is 1. The van der Waals surface area contributed by atoms with Gasteiger partial charge in [-0.2, -0.15) is 0 Å². The number of imidazole rings is 1. The van der Waals surface area contributed by atoms with Gasteiger partial charge in [-0.25, -0.2) is 4.98 Å². The molecule has 1 aliphatic carbocycles. The van der Waals surface area contributed by atoms with Crippen LogP contribution in [0.5, 0.6) is 0 Å². The van der Waals surface area contributed by atoms with Crippen LogP contribution in [0, 0.1) is 5.92 Å². The molecule has 162 valence electrons. The summed E-state index contributed by atoms with van der Waals surface area (Å²) in [7, 11) is 1.84. The number of rotatable bonds is 7. The summed E-state index contributed by atoms with van der Waals surface area (Å²) >= 11 is 0. The highest BCUT2D eigenvalue weighted by molar-refractivity contribution is 5.94. The lowest BCUT2D eigenvalue weighted by atomic mass is 9.97. The topological polar surface area (TPSA) is 73.7 Å². The molecule has 7 nitrogen and oxygen atoms in total. The van der Waals surface area contributed by atoms with Gasteiger partial charge in [-0.1, -0.05) is 42.8 Å². The minimum Gasteiger partial charge on any atom is -0.336 e. The maximum absolute atomic E-state index is 13.3. The third kappa shape index (κ3) is 4.08. The molecule has 5 rings (SSSR count). The minimum atomic E-state index is -0.0548. The Balaban J connectivity index is 1.32. The second-order valence-electron chi connectivity index (χ2n) is 8.71. The van der Waals surface area contributed by atoms with Crippen LogP contribution >= 0.6 is 0 Å². The Morgan fingerprint density at radius 3 is 2.87 bits per heavy atom. The zero-order valence-electron chi connectivity index (χ0n) is 17.9. The van der Waals surface area contributed by atoms with Gasteiger partial charge >= 0.3 is 0 Å². The van der Waals surface area contributed by atoms with E-state index in [1.165, 1.54) is 19.3 Å². The van der Waals surface area contributed by atoms with Gasteiger partial charge in [0, 0.05) is 45.0 Å². The predicted molar refractivity (Wildman–Crippen MR) is 120 cm³/mol. The molecule has 0 bridgehead atoms. The van der Waals surface area contributed by atoms with Crippen molar-refractivity contribution >= 4 is 11.6 Å². The number of hydrazine groups is 1. The number of hydrogen-bond donors (Lipinski definition) is 3. The number of carbonyl (C=O) groups excluding carboxylic acids is 1. The van der Waals surface area contributed by atoms with E-state index in [0.29, 0.717) is 36.8 Å². The van der Waals surface area contributed by atoms with Crippen LogP contribution < -0.4 is 16.2 Å². The van der Waals surface area contributed by atoms with E-state index in [0.717, 1.165) is 23.4 Å².